The standard InChI is InChI=1S/C17H31NO9S/c1-12(19)18-8-7-9-28(23,24)27-10-17(5,6)13(20)14(21)25-11-26-15(22)16(2,3)4/h13,20H,7-11H2,1-6H3,(H,18,19)/t13-/m0/s1. The SMILES string of the molecule is CC(=O)NCCCS(=O)(=O)OCC(C)(C)[C@@H](O)C(=O)OCOC(=O)C(C)(C)C. The lowest BCUT2D eigenvalue weighted by Gasteiger charge is -2.28. The summed E-state index contributed by atoms with van der Waals surface area (Å²) in [4.78, 5) is 34.2. The van der Waals surface area contributed by atoms with Crippen molar-refractivity contribution < 1.29 is 41.6 Å². The van der Waals surface area contributed by atoms with E-state index in [2.05, 4.69) is 5.32 Å². The van der Waals surface area contributed by atoms with E-state index in [0.717, 1.165) is 0 Å². The third-order valence-corrected chi connectivity index (χ3v) is 4.79. The molecule has 0 saturated carbocycles. The van der Waals surface area contributed by atoms with E-state index in [0.29, 0.717) is 0 Å². The summed E-state index contributed by atoms with van der Waals surface area (Å²) in [5.41, 5.74) is -2.05. The number of amides is 1. The monoisotopic (exact) mass is 425 g/mol. The molecule has 2 N–H and O–H groups in total. The van der Waals surface area contributed by atoms with Crippen molar-refractivity contribution in [2.45, 2.75) is 54.1 Å². The Morgan fingerprint density at radius 2 is 1.64 bits per heavy atom. The van der Waals surface area contributed by atoms with Crippen LogP contribution in [0, 0.1) is 10.8 Å². The van der Waals surface area contributed by atoms with Crippen molar-refractivity contribution in [2.24, 2.45) is 10.8 Å². The number of carbonyl (C=O) groups is 3. The van der Waals surface area contributed by atoms with Crippen LogP contribution in [0.2, 0.25) is 0 Å². The predicted molar refractivity (Wildman–Crippen MR) is 99.3 cm³/mol. The molecule has 0 aromatic heterocycles. The molecule has 0 aliphatic carbocycles. The molecule has 10 nitrogen and oxygen atoms in total. The molecule has 0 bridgehead atoms. The fourth-order valence-corrected chi connectivity index (χ4v) is 2.75. The van der Waals surface area contributed by atoms with E-state index >= 15 is 0 Å². The number of aliphatic hydroxyl groups excluding tert-OH is 1. The molecule has 0 unspecified atom stereocenters. The van der Waals surface area contributed by atoms with Gasteiger partial charge in [0.1, 0.15) is 0 Å². The summed E-state index contributed by atoms with van der Waals surface area (Å²) in [5, 5.41) is 12.6. The first-order chi connectivity index (χ1) is 12.6. The first kappa shape index (κ1) is 26.3. The summed E-state index contributed by atoms with van der Waals surface area (Å²) in [6, 6.07) is 0. The van der Waals surface area contributed by atoms with Crippen LogP contribution < -0.4 is 5.32 Å². The van der Waals surface area contributed by atoms with Gasteiger partial charge in [-0.1, -0.05) is 13.8 Å². The number of hydrogen-bond donors (Lipinski definition) is 2. The van der Waals surface area contributed by atoms with Gasteiger partial charge in [-0.05, 0) is 27.2 Å². The number of hydrogen-bond acceptors (Lipinski definition) is 9. The second kappa shape index (κ2) is 10.7. The second-order valence-corrected chi connectivity index (χ2v) is 9.77. The molecule has 11 heteroatoms. The maximum Gasteiger partial charge on any atom is 0.338 e. The van der Waals surface area contributed by atoms with Crippen molar-refractivity contribution in [2.75, 3.05) is 25.7 Å². The van der Waals surface area contributed by atoms with Gasteiger partial charge in [-0.25, -0.2) is 4.79 Å². The molecule has 164 valence electrons. The van der Waals surface area contributed by atoms with Gasteiger partial charge >= 0.3 is 11.9 Å². The molecule has 0 radical (unpaired) electrons. The molecule has 1 atom stereocenters. The lowest BCUT2D eigenvalue weighted by atomic mass is 9.88. The Bertz CT molecular complexity index is 650. The Balaban J connectivity index is 4.48. The van der Waals surface area contributed by atoms with Gasteiger partial charge in [-0.2, -0.15) is 8.42 Å². The van der Waals surface area contributed by atoms with Gasteiger partial charge in [0.25, 0.3) is 10.1 Å². The number of esters is 2. The Hall–Kier alpha value is -1.72. The quantitative estimate of drug-likeness (QED) is 0.207. The topological polar surface area (TPSA) is 145 Å². The van der Waals surface area contributed by atoms with Crippen LogP contribution in [0.4, 0.5) is 0 Å². The Kier molecular flexibility index (Phi) is 10.1. The molecule has 0 aromatic carbocycles. The van der Waals surface area contributed by atoms with Crippen LogP contribution in [-0.4, -0.2) is 63.2 Å². The normalized spacial score (nSPS) is 13.5. The number of carbonyl (C=O) groups excluding carboxylic acids is 3. The van der Waals surface area contributed by atoms with Crippen molar-refractivity contribution in [3.63, 3.8) is 0 Å². The molecule has 0 heterocycles. The van der Waals surface area contributed by atoms with Crippen molar-refractivity contribution in [3.05, 3.63) is 0 Å². The average Bonchev–Trinajstić information content (AvgIpc) is 2.55. The molecular formula is C17H31NO9S. The lowest BCUT2D eigenvalue weighted by molar-refractivity contribution is -0.182. The molecule has 28 heavy (non-hydrogen) atoms. The number of nitrogens with one attached hydrogen (secondary N) is 1. The largest absolute Gasteiger partial charge is 0.427 e. The van der Waals surface area contributed by atoms with Crippen molar-refractivity contribution in [3.8, 4) is 0 Å². The van der Waals surface area contributed by atoms with E-state index in [1.807, 2.05) is 0 Å². The summed E-state index contributed by atoms with van der Waals surface area (Å²) >= 11 is 0. The van der Waals surface area contributed by atoms with Crippen LogP contribution in [-0.2, 0) is 38.2 Å². The zero-order chi connectivity index (χ0) is 22.2. The van der Waals surface area contributed by atoms with Crippen LogP contribution >= 0.6 is 0 Å². The zero-order valence-electron chi connectivity index (χ0n) is 17.2. The Morgan fingerprint density at radius 3 is 2.14 bits per heavy atom. The molecule has 0 rings (SSSR count). The average molecular weight is 426 g/mol. The highest BCUT2D eigenvalue weighted by molar-refractivity contribution is 7.86. The third kappa shape index (κ3) is 10.6. The summed E-state index contributed by atoms with van der Waals surface area (Å²) in [6.07, 6.45) is -1.54. The smallest absolute Gasteiger partial charge is 0.338 e. The Labute approximate surface area is 166 Å². The summed E-state index contributed by atoms with van der Waals surface area (Å²) in [5.74, 6) is -2.25. The fraction of sp³-hybridized carbons (Fsp3) is 0.824. The molecule has 0 fully saturated rings. The van der Waals surface area contributed by atoms with Gasteiger partial charge in [0.05, 0.1) is 17.8 Å². The fourth-order valence-electron chi connectivity index (χ4n) is 1.65. The molecule has 0 aliphatic rings. The Morgan fingerprint density at radius 1 is 1.07 bits per heavy atom. The van der Waals surface area contributed by atoms with Crippen LogP contribution in [0.5, 0.6) is 0 Å². The number of ether oxygens (including phenoxy) is 2. The molecule has 0 spiro atoms. The van der Waals surface area contributed by atoms with Crippen LogP contribution in [0.1, 0.15) is 48.0 Å². The molecule has 0 aromatic rings. The first-order valence-electron chi connectivity index (χ1n) is 8.72. The lowest BCUT2D eigenvalue weighted by Crippen LogP contribution is -2.42. The van der Waals surface area contributed by atoms with Gasteiger partial charge in [0, 0.05) is 18.9 Å². The van der Waals surface area contributed by atoms with E-state index in [1.165, 1.54) is 20.8 Å². The summed E-state index contributed by atoms with van der Waals surface area (Å²) in [6.45, 7) is 8.11. The van der Waals surface area contributed by atoms with Gasteiger partial charge in [-0.3, -0.25) is 13.8 Å². The first-order valence-corrected chi connectivity index (χ1v) is 10.3. The van der Waals surface area contributed by atoms with Crippen LogP contribution in [0.25, 0.3) is 0 Å². The van der Waals surface area contributed by atoms with Crippen LogP contribution in [0.3, 0.4) is 0 Å². The molecule has 0 saturated heterocycles. The minimum atomic E-state index is -3.90. The van der Waals surface area contributed by atoms with Gasteiger partial charge in [0.15, 0.2) is 6.10 Å². The van der Waals surface area contributed by atoms with Crippen molar-refractivity contribution in [1.82, 2.24) is 5.32 Å². The predicted octanol–water partition coefficient (Wildman–Crippen LogP) is 0.336. The van der Waals surface area contributed by atoms with Gasteiger partial charge in [-0.15, -0.1) is 0 Å². The molecule has 0 aliphatic heterocycles. The van der Waals surface area contributed by atoms with E-state index in [4.69, 9.17) is 13.7 Å². The van der Waals surface area contributed by atoms with Crippen molar-refractivity contribution in [1.29, 1.82) is 0 Å². The summed E-state index contributed by atoms with van der Waals surface area (Å²) in [7, 11) is -3.90. The van der Waals surface area contributed by atoms with Gasteiger partial charge in [0.2, 0.25) is 12.7 Å². The second-order valence-electron chi connectivity index (χ2n) is 8.01. The highest BCUT2D eigenvalue weighted by Gasteiger charge is 2.37. The highest BCUT2D eigenvalue weighted by atomic mass is 32.2. The molecular weight excluding hydrogens is 394 g/mol. The zero-order valence-corrected chi connectivity index (χ0v) is 18.1. The van der Waals surface area contributed by atoms with Crippen molar-refractivity contribution >= 4 is 28.0 Å². The number of rotatable bonds is 11. The summed E-state index contributed by atoms with van der Waals surface area (Å²) < 4.78 is 38.1. The maximum atomic E-state index is 11.9. The minimum Gasteiger partial charge on any atom is -0.427 e. The molecule has 1 amide bonds. The minimum absolute atomic E-state index is 0.159. The van der Waals surface area contributed by atoms with Gasteiger partial charge < -0.3 is 19.9 Å². The van der Waals surface area contributed by atoms with E-state index in [-0.39, 0.29) is 24.6 Å². The van der Waals surface area contributed by atoms with E-state index in [1.54, 1.807) is 20.8 Å². The maximum absolute atomic E-state index is 11.9. The highest BCUT2D eigenvalue weighted by Crippen LogP contribution is 2.23. The number of aliphatic hydroxyl groups is 1. The van der Waals surface area contributed by atoms with E-state index < -0.39 is 52.4 Å². The third-order valence-electron chi connectivity index (χ3n) is 3.52. The van der Waals surface area contributed by atoms with E-state index in [9.17, 15) is 27.9 Å². The van der Waals surface area contributed by atoms with Crippen LogP contribution in [0.15, 0.2) is 0 Å².